The molecule has 1 aliphatic carbocycles. The molecule has 1 nitrogen and oxygen atoms in total. The quantitative estimate of drug-likeness (QED) is 0.658. The van der Waals surface area contributed by atoms with Gasteiger partial charge in [-0.3, -0.25) is 4.79 Å². The Bertz CT molecular complexity index is 572. The maximum Gasteiger partial charge on any atom is 0.176 e. The minimum atomic E-state index is 0.171. The standard InChI is InChI=1S/C14H10Br2OS/c15-11-7-12(18-14(11)16)13(17)10-6-9(10)8-4-2-1-3-5-8/h1-5,7,9-10H,6H2. The van der Waals surface area contributed by atoms with Gasteiger partial charge in [0.1, 0.15) is 0 Å². The van der Waals surface area contributed by atoms with Gasteiger partial charge >= 0.3 is 0 Å². The van der Waals surface area contributed by atoms with Crippen molar-refractivity contribution in [2.45, 2.75) is 12.3 Å². The van der Waals surface area contributed by atoms with Crippen molar-refractivity contribution < 1.29 is 4.79 Å². The van der Waals surface area contributed by atoms with Gasteiger partial charge < -0.3 is 0 Å². The summed E-state index contributed by atoms with van der Waals surface area (Å²) in [7, 11) is 0. The highest BCUT2D eigenvalue weighted by atomic mass is 79.9. The second-order valence-electron chi connectivity index (χ2n) is 4.46. The number of rotatable bonds is 3. The molecule has 3 rings (SSSR count). The average molecular weight is 386 g/mol. The smallest absolute Gasteiger partial charge is 0.176 e. The zero-order valence-electron chi connectivity index (χ0n) is 9.40. The number of thiophene rings is 1. The number of hydrogen-bond acceptors (Lipinski definition) is 2. The molecular formula is C14H10Br2OS. The van der Waals surface area contributed by atoms with Gasteiger partial charge in [-0.1, -0.05) is 30.3 Å². The van der Waals surface area contributed by atoms with Gasteiger partial charge in [0.15, 0.2) is 5.78 Å². The van der Waals surface area contributed by atoms with Crippen LogP contribution in [0.2, 0.25) is 0 Å². The molecule has 1 saturated carbocycles. The van der Waals surface area contributed by atoms with Crippen molar-refractivity contribution >= 4 is 49.0 Å². The highest BCUT2D eigenvalue weighted by Gasteiger charge is 2.44. The van der Waals surface area contributed by atoms with Crippen LogP contribution >= 0.6 is 43.2 Å². The molecule has 0 aliphatic heterocycles. The largest absolute Gasteiger partial charge is 0.293 e. The molecule has 0 spiro atoms. The van der Waals surface area contributed by atoms with E-state index in [0.717, 1.165) is 19.6 Å². The van der Waals surface area contributed by atoms with Crippen LogP contribution in [-0.4, -0.2) is 5.78 Å². The number of carbonyl (C=O) groups is 1. The van der Waals surface area contributed by atoms with E-state index in [1.807, 2.05) is 24.3 Å². The van der Waals surface area contributed by atoms with Gasteiger partial charge in [0.2, 0.25) is 0 Å². The van der Waals surface area contributed by atoms with E-state index in [1.165, 1.54) is 16.9 Å². The van der Waals surface area contributed by atoms with Gasteiger partial charge in [-0.15, -0.1) is 11.3 Å². The second kappa shape index (κ2) is 4.91. The molecule has 0 saturated heterocycles. The molecule has 1 heterocycles. The summed E-state index contributed by atoms with van der Waals surface area (Å²) < 4.78 is 1.95. The van der Waals surface area contributed by atoms with E-state index in [1.54, 1.807) is 0 Å². The molecule has 0 bridgehead atoms. The summed E-state index contributed by atoms with van der Waals surface area (Å²) in [5.41, 5.74) is 1.28. The molecule has 1 aromatic carbocycles. The molecule has 1 fully saturated rings. The molecule has 92 valence electrons. The van der Waals surface area contributed by atoms with Crippen molar-refractivity contribution in [1.29, 1.82) is 0 Å². The van der Waals surface area contributed by atoms with Crippen LogP contribution in [0.4, 0.5) is 0 Å². The Balaban J connectivity index is 1.77. The molecule has 4 heteroatoms. The minimum absolute atomic E-state index is 0.171. The predicted octanol–water partition coefficient (Wildman–Crippen LogP) is 5.26. The number of halogens is 2. The van der Waals surface area contributed by atoms with Crippen LogP contribution in [0, 0.1) is 5.92 Å². The van der Waals surface area contributed by atoms with Crippen LogP contribution in [0.1, 0.15) is 27.6 Å². The highest BCUT2D eigenvalue weighted by molar-refractivity contribution is 9.13. The summed E-state index contributed by atoms with van der Waals surface area (Å²) in [4.78, 5) is 13.2. The Labute approximate surface area is 126 Å². The lowest BCUT2D eigenvalue weighted by Crippen LogP contribution is -2.00. The zero-order chi connectivity index (χ0) is 12.7. The average Bonchev–Trinajstić information content (AvgIpc) is 3.11. The number of hydrogen-bond donors (Lipinski definition) is 0. The summed E-state index contributed by atoms with van der Waals surface area (Å²) in [5.74, 6) is 0.864. The molecular weight excluding hydrogens is 376 g/mol. The van der Waals surface area contributed by atoms with E-state index in [9.17, 15) is 4.79 Å². The molecule has 18 heavy (non-hydrogen) atoms. The van der Waals surface area contributed by atoms with Gasteiger partial charge in [0.25, 0.3) is 0 Å². The first kappa shape index (κ1) is 12.6. The van der Waals surface area contributed by atoms with Crippen LogP contribution in [0.5, 0.6) is 0 Å². The summed E-state index contributed by atoms with van der Waals surface area (Å²) in [5, 5.41) is 0. The highest BCUT2D eigenvalue weighted by Crippen LogP contribution is 2.50. The van der Waals surface area contributed by atoms with E-state index in [2.05, 4.69) is 44.0 Å². The van der Waals surface area contributed by atoms with Crippen LogP contribution < -0.4 is 0 Å². The lowest BCUT2D eigenvalue weighted by atomic mass is 10.1. The zero-order valence-corrected chi connectivity index (χ0v) is 13.4. The van der Waals surface area contributed by atoms with Crippen molar-refractivity contribution in [1.82, 2.24) is 0 Å². The van der Waals surface area contributed by atoms with E-state index >= 15 is 0 Å². The lowest BCUT2D eigenvalue weighted by molar-refractivity contribution is 0.0969. The normalized spacial score (nSPS) is 21.9. The number of ketones is 1. The number of Topliss-reactive ketones (excluding diaryl/α,β-unsaturated/α-hetero) is 1. The Morgan fingerprint density at radius 1 is 1.22 bits per heavy atom. The fraction of sp³-hybridized carbons (Fsp3) is 0.214. The molecule has 2 atom stereocenters. The van der Waals surface area contributed by atoms with Gasteiger partial charge in [0.05, 0.1) is 8.66 Å². The number of carbonyl (C=O) groups excluding carboxylic acids is 1. The van der Waals surface area contributed by atoms with E-state index in [0.29, 0.717) is 5.92 Å². The fourth-order valence-electron chi connectivity index (χ4n) is 2.20. The maximum absolute atomic E-state index is 12.3. The van der Waals surface area contributed by atoms with Gasteiger partial charge in [-0.05, 0) is 55.8 Å². The van der Waals surface area contributed by atoms with Crippen LogP contribution in [0.15, 0.2) is 44.7 Å². The molecule has 2 aromatic rings. The van der Waals surface area contributed by atoms with Crippen molar-refractivity contribution in [2.75, 3.05) is 0 Å². The molecule has 1 aromatic heterocycles. The number of benzene rings is 1. The third-order valence-electron chi connectivity index (χ3n) is 3.24. The summed E-state index contributed by atoms with van der Waals surface area (Å²) in [6, 6.07) is 12.2. The Kier molecular flexibility index (Phi) is 3.43. The topological polar surface area (TPSA) is 17.1 Å². The summed E-state index contributed by atoms with van der Waals surface area (Å²) >= 11 is 8.37. The van der Waals surface area contributed by atoms with Crippen molar-refractivity contribution in [3.05, 3.63) is 55.1 Å². The first-order chi connectivity index (χ1) is 8.66. The monoisotopic (exact) mass is 384 g/mol. The van der Waals surface area contributed by atoms with Crippen LogP contribution in [-0.2, 0) is 0 Å². The lowest BCUT2D eigenvalue weighted by Gasteiger charge is -1.98. The predicted molar refractivity (Wildman–Crippen MR) is 81.3 cm³/mol. The summed E-state index contributed by atoms with van der Waals surface area (Å²) in [6.07, 6.45) is 0.982. The molecule has 2 unspecified atom stereocenters. The molecule has 1 aliphatic rings. The SMILES string of the molecule is O=C(c1cc(Br)c(Br)s1)C1CC1c1ccccc1. The van der Waals surface area contributed by atoms with Crippen molar-refractivity contribution in [2.24, 2.45) is 5.92 Å². The van der Waals surface area contributed by atoms with Gasteiger partial charge in [0, 0.05) is 10.4 Å². The Morgan fingerprint density at radius 2 is 1.94 bits per heavy atom. The Morgan fingerprint density at radius 3 is 2.56 bits per heavy atom. The summed E-state index contributed by atoms with van der Waals surface area (Å²) in [6.45, 7) is 0. The molecule has 0 amide bonds. The molecule has 0 N–H and O–H groups in total. The van der Waals surface area contributed by atoms with Gasteiger partial charge in [-0.2, -0.15) is 0 Å². The first-order valence-electron chi connectivity index (χ1n) is 5.71. The van der Waals surface area contributed by atoms with E-state index in [4.69, 9.17) is 0 Å². The van der Waals surface area contributed by atoms with Crippen molar-refractivity contribution in [3.8, 4) is 0 Å². The van der Waals surface area contributed by atoms with E-state index in [-0.39, 0.29) is 11.7 Å². The van der Waals surface area contributed by atoms with Gasteiger partial charge in [-0.25, -0.2) is 0 Å². The van der Waals surface area contributed by atoms with E-state index < -0.39 is 0 Å². The van der Waals surface area contributed by atoms with Crippen LogP contribution in [0.3, 0.4) is 0 Å². The third-order valence-corrected chi connectivity index (χ3v) is 6.51. The first-order valence-corrected chi connectivity index (χ1v) is 8.11. The third kappa shape index (κ3) is 2.33. The van der Waals surface area contributed by atoms with Crippen LogP contribution in [0.25, 0.3) is 0 Å². The molecule has 0 radical (unpaired) electrons. The maximum atomic E-state index is 12.3. The minimum Gasteiger partial charge on any atom is -0.293 e. The Hall–Kier alpha value is -0.450. The fourth-order valence-corrected chi connectivity index (χ4v) is 4.24. The second-order valence-corrected chi connectivity index (χ2v) is 7.68. The van der Waals surface area contributed by atoms with Crippen molar-refractivity contribution in [3.63, 3.8) is 0 Å².